The standard InChI is InChI=1S/C14H12.K.H/c1-12(13-8-4-2-5-9-13)14-10-6-3-7-11-14;;/h2-11H,1H2;;. The first-order valence-electron chi connectivity index (χ1n) is 4.67. The van der Waals surface area contributed by atoms with Crippen LogP contribution in [0.15, 0.2) is 67.2 Å². The molecule has 0 saturated heterocycles. The molecule has 0 aliphatic heterocycles. The number of benzene rings is 2. The Labute approximate surface area is 133 Å². The molecule has 0 aliphatic carbocycles. The summed E-state index contributed by atoms with van der Waals surface area (Å²) in [4.78, 5) is 0. The first-order valence-corrected chi connectivity index (χ1v) is 4.67. The molecule has 0 nitrogen and oxygen atoms in total. The second-order valence-corrected chi connectivity index (χ2v) is 3.21. The van der Waals surface area contributed by atoms with Crippen molar-refractivity contribution in [2.45, 2.75) is 0 Å². The van der Waals surface area contributed by atoms with E-state index < -0.39 is 0 Å². The fourth-order valence-corrected chi connectivity index (χ4v) is 1.45. The van der Waals surface area contributed by atoms with Gasteiger partial charge in [-0.2, -0.15) is 0 Å². The van der Waals surface area contributed by atoms with Crippen LogP contribution in [0.2, 0.25) is 0 Å². The minimum atomic E-state index is 0. The molecule has 0 spiro atoms. The van der Waals surface area contributed by atoms with Crippen molar-refractivity contribution < 1.29 is 0 Å². The van der Waals surface area contributed by atoms with E-state index in [4.69, 9.17) is 0 Å². The predicted octanol–water partition coefficient (Wildman–Crippen LogP) is 3.10. The maximum atomic E-state index is 4.10. The van der Waals surface area contributed by atoms with Gasteiger partial charge in [0.2, 0.25) is 0 Å². The topological polar surface area (TPSA) is 0 Å². The second-order valence-electron chi connectivity index (χ2n) is 3.21. The van der Waals surface area contributed by atoms with Gasteiger partial charge in [-0.3, -0.25) is 0 Å². The van der Waals surface area contributed by atoms with E-state index in [9.17, 15) is 0 Å². The van der Waals surface area contributed by atoms with Gasteiger partial charge in [0.15, 0.2) is 0 Å². The van der Waals surface area contributed by atoms with Gasteiger partial charge in [0, 0.05) is 0 Å². The maximum absolute atomic E-state index is 4.10. The Kier molecular flexibility index (Phi) is 5.51. The summed E-state index contributed by atoms with van der Waals surface area (Å²) in [6.45, 7) is 4.10. The van der Waals surface area contributed by atoms with Crippen molar-refractivity contribution in [2.75, 3.05) is 0 Å². The molecule has 0 unspecified atom stereocenters. The van der Waals surface area contributed by atoms with E-state index in [0.29, 0.717) is 0 Å². The molecule has 2 aromatic carbocycles. The minimum absolute atomic E-state index is 0. The van der Waals surface area contributed by atoms with Crippen LogP contribution in [0.3, 0.4) is 0 Å². The Morgan fingerprint density at radius 1 is 0.667 bits per heavy atom. The van der Waals surface area contributed by atoms with E-state index in [2.05, 4.69) is 30.8 Å². The van der Waals surface area contributed by atoms with Crippen LogP contribution in [0.4, 0.5) is 0 Å². The quantitative estimate of drug-likeness (QED) is 0.682. The molecule has 0 heterocycles. The average molecular weight is 220 g/mol. The third-order valence-corrected chi connectivity index (χ3v) is 2.24. The van der Waals surface area contributed by atoms with Crippen LogP contribution in [0.25, 0.3) is 5.57 Å². The summed E-state index contributed by atoms with van der Waals surface area (Å²) < 4.78 is 0. The van der Waals surface area contributed by atoms with Crippen LogP contribution in [-0.4, -0.2) is 51.4 Å². The predicted molar refractivity (Wildman–Crippen MR) is 68.2 cm³/mol. The van der Waals surface area contributed by atoms with Gasteiger partial charge in [0.1, 0.15) is 0 Å². The molecule has 0 atom stereocenters. The van der Waals surface area contributed by atoms with Crippen LogP contribution in [0.1, 0.15) is 11.1 Å². The van der Waals surface area contributed by atoms with Crippen molar-refractivity contribution in [3.05, 3.63) is 78.4 Å². The van der Waals surface area contributed by atoms with Gasteiger partial charge in [-0.05, 0) is 16.7 Å². The van der Waals surface area contributed by atoms with Gasteiger partial charge in [0.05, 0.1) is 0 Å². The average Bonchev–Trinajstić information content (AvgIpc) is 2.30. The molecule has 15 heavy (non-hydrogen) atoms. The van der Waals surface area contributed by atoms with Crippen LogP contribution >= 0.6 is 0 Å². The number of rotatable bonds is 2. The summed E-state index contributed by atoms with van der Waals surface area (Å²) in [5.74, 6) is 0. The van der Waals surface area contributed by atoms with Crippen LogP contribution in [0, 0.1) is 0 Å². The first-order chi connectivity index (χ1) is 6.88. The molecule has 2 rings (SSSR count). The third kappa shape index (κ3) is 3.40. The van der Waals surface area contributed by atoms with Gasteiger partial charge >= 0.3 is 51.4 Å². The van der Waals surface area contributed by atoms with Gasteiger partial charge in [-0.15, -0.1) is 0 Å². The van der Waals surface area contributed by atoms with Crippen LogP contribution in [0.5, 0.6) is 0 Å². The molecule has 0 aliphatic rings. The van der Waals surface area contributed by atoms with Gasteiger partial charge in [-0.1, -0.05) is 67.2 Å². The molecule has 0 radical (unpaired) electrons. The van der Waals surface area contributed by atoms with E-state index in [1.54, 1.807) is 0 Å². The Morgan fingerprint density at radius 3 is 1.33 bits per heavy atom. The van der Waals surface area contributed by atoms with Crippen molar-refractivity contribution in [2.24, 2.45) is 0 Å². The van der Waals surface area contributed by atoms with E-state index in [0.717, 1.165) is 5.57 Å². The van der Waals surface area contributed by atoms with Crippen LogP contribution in [-0.2, 0) is 0 Å². The van der Waals surface area contributed by atoms with E-state index >= 15 is 0 Å². The zero-order chi connectivity index (χ0) is 9.80. The summed E-state index contributed by atoms with van der Waals surface area (Å²) in [6, 6.07) is 20.5. The molecule has 0 saturated carbocycles. The zero-order valence-corrected chi connectivity index (χ0v) is 7.98. The monoisotopic (exact) mass is 220 g/mol. The number of hydrogen-bond acceptors (Lipinski definition) is 0. The molecule has 0 fully saturated rings. The second kappa shape index (κ2) is 6.41. The first kappa shape index (κ1) is 12.9. The molecular weight excluding hydrogens is 207 g/mol. The molecule has 1 heteroatoms. The van der Waals surface area contributed by atoms with Gasteiger partial charge in [0.25, 0.3) is 0 Å². The van der Waals surface area contributed by atoms with E-state index in [-0.39, 0.29) is 51.4 Å². The Balaban J connectivity index is 0.00000112. The fourth-order valence-electron chi connectivity index (χ4n) is 1.45. The van der Waals surface area contributed by atoms with E-state index in [1.165, 1.54) is 11.1 Å². The van der Waals surface area contributed by atoms with E-state index in [1.807, 2.05) is 36.4 Å². The Morgan fingerprint density at radius 2 is 1.00 bits per heavy atom. The Bertz CT molecular complexity index is 376. The molecule has 2 aromatic rings. The van der Waals surface area contributed by atoms with Gasteiger partial charge in [-0.25, -0.2) is 0 Å². The molecule has 0 bridgehead atoms. The molecule has 0 amide bonds. The van der Waals surface area contributed by atoms with Gasteiger partial charge < -0.3 is 0 Å². The van der Waals surface area contributed by atoms with Crippen molar-refractivity contribution in [3.63, 3.8) is 0 Å². The zero-order valence-electron chi connectivity index (χ0n) is 7.98. The van der Waals surface area contributed by atoms with Crippen LogP contribution < -0.4 is 0 Å². The van der Waals surface area contributed by atoms with Crippen molar-refractivity contribution in [1.29, 1.82) is 0 Å². The van der Waals surface area contributed by atoms with Crippen molar-refractivity contribution in [3.8, 4) is 0 Å². The number of hydrogen-bond donors (Lipinski definition) is 0. The fraction of sp³-hybridized carbons (Fsp3) is 0. The summed E-state index contributed by atoms with van der Waals surface area (Å²) in [5.41, 5.74) is 3.43. The summed E-state index contributed by atoms with van der Waals surface area (Å²) in [5, 5.41) is 0. The Hall–Kier alpha value is -0.184. The van der Waals surface area contributed by atoms with Crippen molar-refractivity contribution >= 4 is 57.0 Å². The molecule has 0 aromatic heterocycles. The molecule has 0 N–H and O–H groups in total. The van der Waals surface area contributed by atoms with Crippen molar-refractivity contribution in [1.82, 2.24) is 0 Å². The summed E-state index contributed by atoms with van der Waals surface area (Å²) in [7, 11) is 0. The molecule has 70 valence electrons. The third-order valence-electron chi connectivity index (χ3n) is 2.24. The summed E-state index contributed by atoms with van der Waals surface area (Å²) in [6.07, 6.45) is 0. The normalized spacial score (nSPS) is 9.07. The molecular formula is C14H13K. The SMILES string of the molecule is C=C(c1ccccc1)c1ccccc1.[KH]. The summed E-state index contributed by atoms with van der Waals surface area (Å²) >= 11 is 0.